The van der Waals surface area contributed by atoms with E-state index in [1.807, 2.05) is 0 Å². The molecule has 1 saturated heterocycles. The Balaban J connectivity index is 1.51. The summed E-state index contributed by atoms with van der Waals surface area (Å²) >= 11 is 0. The van der Waals surface area contributed by atoms with E-state index < -0.39 is 12.1 Å². The number of esters is 1. The fourth-order valence-corrected chi connectivity index (χ4v) is 3.04. The Hall–Kier alpha value is -3.85. The summed E-state index contributed by atoms with van der Waals surface area (Å²) in [5.74, 6) is 0.132. The highest BCUT2D eigenvalue weighted by Gasteiger charge is 2.19. The zero-order valence-electron chi connectivity index (χ0n) is 16.7. The maximum atomic E-state index is 12.7. The van der Waals surface area contributed by atoms with Crippen molar-refractivity contribution in [2.75, 3.05) is 33.4 Å². The van der Waals surface area contributed by atoms with E-state index in [1.54, 1.807) is 17.0 Å². The van der Waals surface area contributed by atoms with Crippen LogP contribution in [0.4, 0.5) is 4.79 Å². The van der Waals surface area contributed by atoms with Crippen LogP contribution < -0.4 is 14.9 Å². The van der Waals surface area contributed by atoms with E-state index in [9.17, 15) is 14.4 Å². The third kappa shape index (κ3) is 4.51. The molecule has 1 fully saturated rings. The van der Waals surface area contributed by atoms with Crippen LogP contribution in [0.2, 0.25) is 0 Å². The molecule has 0 unspecified atom stereocenters. The molecular formula is C22H19NO8. The molecule has 2 aromatic carbocycles. The van der Waals surface area contributed by atoms with Crippen LogP contribution in [0, 0.1) is 0 Å². The summed E-state index contributed by atoms with van der Waals surface area (Å²) in [5.41, 5.74) is 0.231. The van der Waals surface area contributed by atoms with Gasteiger partial charge in [-0.3, -0.25) is 4.79 Å². The minimum atomic E-state index is -0.486. The SMILES string of the molecule is COC(=O)c1ccc(Oc2coc3cc(OC(=O)N4CCOCC4)ccc3c2=O)cc1. The summed E-state index contributed by atoms with van der Waals surface area (Å²) in [5, 5.41) is 0.273. The quantitative estimate of drug-likeness (QED) is 0.587. The highest BCUT2D eigenvalue weighted by molar-refractivity contribution is 5.89. The maximum Gasteiger partial charge on any atom is 0.415 e. The van der Waals surface area contributed by atoms with Crippen molar-refractivity contribution in [2.45, 2.75) is 0 Å². The number of methoxy groups -OCH3 is 1. The summed E-state index contributed by atoms with van der Waals surface area (Å²) in [7, 11) is 1.29. The van der Waals surface area contributed by atoms with E-state index in [0.717, 1.165) is 0 Å². The predicted octanol–water partition coefficient (Wildman–Crippen LogP) is 3.20. The molecule has 0 aliphatic carbocycles. The molecule has 9 nitrogen and oxygen atoms in total. The van der Waals surface area contributed by atoms with Crippen LogP contribution in [0.5, 0.6) is 17.2 Å². The van der Waals surface area contributed by atoms with Gasteiger partial charge in [0.2, 0.25) is 11.2 Å². The summed E-state index contributed by atoms with van der Waals surface area (Å²) in [6.07, 6.45) is 0.701. The van der Waals surface area contributed by atoms with Crippen molar-refractivity contribution in [1.29, 1.82) is 0 Å². The fourth-order valence-electron chi connectivity index (χ4n) is 3.04. The van der Waals surface area contributed by atoms with Crippen LogP contribution in [-0.2, 0) is 9.47 Å². The highest BCUT2D eigenvalue weighted by Crippen LogP contribution is 2.25. The first kappa shape index (κ1) is 20.4. The number of ether oxygens (including phenoxy) is 4. The molecule has 1 aliphatic rings. The molecule has 0 bridgehead atoms. The second-order valence-corrected chi connectivity index (χ2v) is 6.67. The van der Waals surface area contributed by atoms with Crippen LogP contribution in [0.25, 0.3) is 11.0 Å². The lowest BCUT2D eigenvalue weighted by atomic mass is 10.2. The van der Waals surface area contributed by atoms with Gasteiger partial charge in [0, 0.05) is 19.2 Å². The van der Waals surface area contributed by atoms with Crippen molar-refractivity contribution in [2.24, 2.45) is 0 Å². The smallest absolute Gasteiger partial charge is 0.415 e. The number of fused-ring (bicyclic) bond motifs is 1. The molecule has 0 atom stereocenters. The topological polar surface area (TPSA) is 105 Å². The van der Waals surface area contributed by atoms with E-state index in [1.165, 1.54) is 43.7 Å². The van der Waals surface area contributed by atoms with Gasteiger partial charge in [-0.25, -0.2) is 9.59 Å². The molecule has 1 amide bonds. The summed E-state index contributed by atoms with van der Waals surface area (Å²) in [6.45, 7) is 1.86. The van der Waals surface area contributed by atoms with Gasteiger partial charge in [0.25, 0.3) is 0 Å². The lowest BCUT2D eigenvalue weighted by Crippen LogP contribution is -2.42. The first-order chi connectivity index (χ1) is 15.0. The van der Waals surface area contributed by atoms with Crippen LogP contribution in [0.3, 0.4) is 0 Å². The lowest BCUT2D eigenvalue weighted by molar-refractivity contribution is 0.0416. The second-order valence-electron chi connectivity index (χ2n) is 6.67. The molecule has 9 heteroatoms. The number of carbonyl (C=O) groups excluding carboxylic acids is 2. The van der Waals surface area contributed by atoms with Gasteiger partial charge < -0.3 is 28.3 Å². The van der Waals surface area contributed by atoms with Crippen LogP contribution in [0.1, 0.15) is 10.4 Å². The van der Waals surface area contributed by atoms with Crippen molar-refractivity contribution in [1.82, 2.24) is 4.90 Å². The minimum absolute atomic E-state index is 0.0172. The Morgan fingerprint density at radius 3 is 2.42 bits per heavy atom. The van der Waals surface area contributed by atoms with E-state index in [-0.39, 0.29) is 27.9 Å². The number of nitrogens with zero attached hydrogens (tertiary/aromatic N) is 1. The van der Waals surface area contributed by atoms with Gasteiger partial charge >= 0.3 is 12.1 Å². The summed E-state index contributed by atoms with van der Waals surface area (Å²) in [6, 6.07) is 10.7. The average molecular weight is 425 g/mol. The summed E-state index contributed by atoms with van der Waals surface area (Å²) < 4.78 is 26.3. The summed E-state index contributed by atoms with van der Waals surface area (Å²) in [4.78, 5) is 38.0. The Morgan fingerprint density at radius 1 is 1.00 bits per heavy atom. The number of carbonyl (C=O) groups is 2. The molecule has 1 aromatic heterocycles. The number of benzene rings is 2. The fraction of sp³-hybridized carbons (Fsp3) is 0.227. The molecule has 0 N–H and O–H groups in total. The Morgan fingerprint density at radius 2 is 1.71 bits per heavy atom. The first-order valence-corrected chi connectivity index (χ1v) is 9.51. The van der Waals surface area contributed by atoms with Crippen molar-refractivity contribution >= 4 is 23.0 Å². The second kappa shape index (κ2) is 8.88. The van der Waals surface area contributed by atoms with Gasteiger partial charge in [0.1, 0.15) is 23.3 Å². The maximum absolute atomic E-state index is 12.7. The first-order valence-electron chi connectivity index (χ1n) is 9.51. The third-order valence-corrected chi connectivity index (χ3v) is 4.69. The van der Waals surface area contributed by atoms with E-state index in [2.05, 4.69) is 4.74 Å². The number of amides is 1. The lowest BCUT2D eigenvalue weighted by Gasteiger charge is -2.25. The van der Waals surface area contributed by atoms with Crippen LogP contribution in [-0.4, -0.2) is 50.4 Å². The van der Waals surface area contributed by atoms with Gasteiger partial charge in [-0.15, -0.1) is 0 Å². The molecular weight excluding hydrogens is 406 g/mol. The zero-order chi connectivity index (χ0) is 21.8. The van der Waals surface area contributed by atoms with Crippen molar-refractivity contribution in [3.05, 3.63) is 64.5 Å². The van der Waals surface area contributed by atoms with Gasteiger partial charge in [0.05, 0.1) is 31.3 Å². The minimum Gasteiger partial charge on any atom is -0.465 e. The van der Waals surface area contributed by atoms with Gasteiger partial charge in [-0.05, 0) is 36.4 Å². The third-order valence-electron chi connectivity index (χ3n) is 4.69. The molecule has 31 heavy (non-hydrogen) atoms. The predicted molar refractivity (Wildman–Crippen MR) is 109 cm³/mol. The average Bonchev–Trinajstić information content (AvgIpc) is 2.81. The van der Waals surface area contributed by atoms with E-state index >= 15 is 0 Å². The molecule has 160 valence electrons. The number of rotatable bonds is 4. The van der Waals surface area contributed by atoms with Crippen molar-refractivity contribution in [3.63, 3.8) is 0 Å². The molecule has 0 radical (unpaired) electrons. The Kier molecular flexibility index (Phi) is 5.85. The molecule has 2 heterocycles. The van der Waals surface area contributed by atoms with E-state index in [4.69, 9.17) is 18.6 Å². The highest BCUT2D eigenvalue weighted by atomic mass is 16.6. The molecule has 0 spiro atoms. The molecule has 4 rings (SSSR count). The van der Waals surface area contributed by atoms with E-state index in [0.29, 0.717) is 37.6 Å². The molecule has 0 saturated carbocycles. The zero-order valence-corrected chi connectivity index (χ0v) is 16.7. The Bertz CT molecular complexity index is 1160. The normalized spacial score (nSPS) is 13.6. The molecule has 3 aromatic rings. The van der Waals surface area contributed by atoms with Crippen molar-refractivity contribution < 1.29 is 33.0 Å². The standard InChI is InChI=1S/C22H19NO8/c1-27-21(25)14-2-4-15(5-3-14)30-19-13-29-18-12-16(6-7-17(18)20(19)24)31-22(26)23-8-10-28-11-9-23/h2-7,12-13H,8-11H2,1H3. The van der Waals surface area contributed by atoms with Crippen LogP contribution in [0.15, 0.2) is 57.9 Å². The van der Waals surface area contributed by atoms with Gasteiger partial charge in [-0.1, -0.05) is 0 Å². The largest absolute Gasteiger partial charge is 0.465 e. The van der Waals surface area contributed by atoms with Crippen molar-refractivity contribution in [3.8, 4) is 17.2 Å². The van der Waals surface area contributed by atoms with Gasteiger partial charge in [-0.2, -0.15) is 0 Å². The number of hydrogen-bond acceptors (Lipinski definition) is 8. The van der Waals surface area contributed by atoms with Crippen LogP contribution >= 0.6 is 0 Å². The monoisotopic (exact) mass is 425 g/mol. The van der Waals surface area contributed by atoms with Gasteiger partial charge in [0.15, 0.2) is 0 Å². The Labute approximate surface area is 176 Å². The molecule has 1 aliphatic heterocycles. The number of morpholine rings is 1. The number of hydrogen-bond donors (Lipinski definition) is 0.